The van der Waals surface area contributed by atoms with Gasteiger partial charge < -0.3 is 21.1 Å². The van der Waals surface area contributed by atoms with E-state index in [-0.39, 0.29) is 5.56 Å². The Balaban J connectivity index is 2.57. The van der Waals surface area contributed by atoms with Crippen LogP contribution in [-0.2, 0) is 0 Å². The Kier molecular flexibility index (Phi) is 4.78. The van der Waals surface area contributed by atoms with Crippen molar-refractivity contribution in [2.75, 3.05) is 37.7 Å². The van der Waals surface area contributed by atoms with Gasteiger partial charge in [0.2, 0.25) is 0 Å². The summed E-state index contributed by atoms with van der Waals surface area (Å²) >= 11 is 0. The molecule has 1 aromatic rings. The summed E-state index contributed by atoms with van der Waals surface area (Å²) in [7, 11) is 2.04. The number of nitrogens with one attached hydrogen (secondary N) is 1. The molecule has 5 heteroatoms. The molecule has 0 radical (unpaired) electrons. The second-order valence-corrected chi connectivity index (χ2v) is 3.93. The molecule has 0 heterocycles. The van der Waals surface area contributed by atoms with Gasteiger partial charge in [0, 0.05) is 13.1 Å². The lowest BCUT2D eigenvalue weighted by Crippen LogP contribution is -2.24. The zero-order valence-corrected chi connectivity index (χ0v) is 10.2. The highest BCUT2D eigenvalue weighted by molar-refractivity contribution is 5.90. The number of aromatic carboxylic acids is 1. The summed E-state index contributed by atoms with van der Waals surface area (Å²) in [6.45, 7) is 4.78. The summed E-state index contributed by atoms with van der Waals surface area (Å²) in [5.41, 5.74) is 7.22. The number of rotatable bonds is 6. The number of likely N-dealkylation sites (N-methyl/N-ethyl adjacent to an activating group) is 1. The Bertz CT molecular complexity index is 393. The van der Waals surface area contributed by atoms with Crippen LogP contribution in [0.4, 0.5) is 11.4 Å². The van der Waals surface area contributed by atoms with E-state index in [0.29, 0.717) is 5.69 Å². The standard InChI is InChI=1S/C12H19N3O2/c1-3-15(2)7-6-14-11-5-4-9(12(16)17)8-10(11)13/h4-5,8,14H,3,6-7,13H2,1-2H3,(H,16,17). The van der Waals surface area contributed by atoms with Gasteiger partial charge >= 0.3 is 5.97 Å². The lowest BCUT2D eigenvalue weighted by Gasteiger charge is -2.15. The maximum absolute atomic E-state index is 10.7. The van der Waals surface area contributed by atoms with Gasteiger partial charge in [-0.1, -0.05) is 6.92 Å². The third kappa shape index (κ3) is 3.96. The molecule has 4 N–H and O–H groups in total. The van der Waals surface area contributed by atoms with E-state index in [1.54, 1.807) is 12.1 Å². The molecule has 0 saturated carbocycles. The minimum Gasteiger partial charge on any atom is -0.478 e. The van der Waals surface area contributed by atoms with Crippen molar-refractivity contribution in [1.82, 2.24) is 4.90 Å². The van der Waals surface area contributed by atoms with Crippen molar-refractivity contribution in [3.05, 3.63) is 23.8 Å². The van der Waals surface area contributed by atoms with E-state index in [9.17, 15) is 4.79 Å². The highest BCUT2D eigenvalue weighted by atomic mass is 16.4. The Labute approximate surface area is 101 Å². The maximum Gasteiger partial charge on any atom is 0.335 e. The molecular formula is C12H19N3O2. The average Bonchev–Trinajstić information content (AvgIpc) is 2.30. The number of hydrogen-bond donors (Lipinski definition) is 3. The van der Waals surface area contributed by atoms with E-state index in [1.165, 1.54) is 6.07 Å². The van der Waals surface area contributed by atoms with Gasteiger partial charge in [0.15, 0.2) is 0 Å². The summed E-state index contributed by atoms with van der Waals surface area (Å²) in [5, 5.41) is 12.0. The second kappa shape index (κ2) is 6.10. The van der Waals surface area contributed by atoms with Crippen molar-refractivity contribution in [1.29, 1.82) is 0 Å². The molecule has 1 rings (SSSR count). The zero-order valence-electron chi connectivity index (χ0n) is 10.2. The number of nitrogens with two attached hydrogens (primary N) is 1. The van der Waals surface area contributed by atoms with Gasteiger partial charge in [0.05, 0.1) is 16.9 Å². The molecule has 0 saturated heterocycles. The monoisotopic (exact) mass is 237 g/mol. The summed E-state index contributed by atoms with van der Waals surface area (Å²) in [4.78, 5) is 12.9. The van der Waals surface area contributed by atoms with Crippen LogP contribution in [0.15, 0.2) is 18.2 Å². The van der Waals surface area contributed by atoms with Crippen LogP contribution >= 0.6 is 0 Å². The predicted octanol–water partition coefficient (Wildman–Crippen LogP) is 1.33. The van der Waals surface area contributed by atoms with E-state index < -0.39 is 5.97 Å². The summed E-state index contributed by atoms with van der Waals surface area (Å²) < 4.78 is 0. The molecule has 5 nitrogen and oxygen atoms in total. The first-order chi connectivity index (χ1) is 8.04. The smallest absolute Gasteiger partial charge is 0.335 e. The van der Waals surface area contributed by atoms with E-state index in [1.807, 2.05) is 7.05 Å². The topological polar surface area (TPSA) is 78.6 Å². The Hall–Kier alpha value is -1.75. The summed E-state index contributed by atoms with van der Waals surface area (Å²) in [5.74, 6) is -0.964. The second-order valence-electron chi connectivity index (χ2n) is 3.93. The molecule has 0 spiro atoms. The number of nitrogens with zero attached hydrogens (tertiary/aromatic N) is 1. The molecule has 0 atom stereocenters. The fourth-order valence-corrected chi connectivity index (χ4v) is 1.40. The molecule has 0 aliphatic heterocycles. The van der Waals surface area contributed by atoms with Gasteiger partial charge in [-0.15, -0.1) is 0 Å². The van der Waals surface area contributed by atoms with E-state index >= 15 is 0 Å². The number of anilines is 2. The van der Waals surface area contributed by atoms with Crippen molar-refractivity contribution >= 4 is 17.3 Å². The number of carboxylic acid groups (broad SMARTS) is 1. The first kappa shape index (κ1) is 13.3. The Morgan fingerprint density at radius 1 is 1.53 bits per heavy atom. The van der Waals surface area contributed by atoms with Gasteiger partial charge in [-0.05, 0) is 31.8 Å². The molecule has 0 amide bonds. The number of carboxylic acids is 1. The maximum atomic E-state index is 10.7. The van der Waals surface area contributed by atoms with Gasteiger partial charge in [-0.2, -0.15) is 0 Å². The number of carbonyl (C=O) groups is 1. The first-order valence-electron chi connectivity index (χ1n) is 5.59. The minimum absolute atomic E-state index is 0.207. The summed E-state index contributed by atoms with van der Waals surface area (Å²) in [6.07, 6.45) is 0. The molecule has 0 aliphatic rings. The highest BCUT2D eigenvalue weighted by Crippen LogP contribution is 2.19. The van der Waals surface area contributed by atoms with Crippen molar-refractivity contribution < 1.29 is 9.90 Å². The molecule has 0 fully saturated rings. The molecule has 0 aliphatic carbocycles. The van der Waals surface area contributed by atoms with Crippen molar-refractivity contribution in [2.45, 2.75) is 6.92 Å². The van der Waals surface area contributed by atoms with Crippen LogP contribution in [0.2, 0.25) is 0 Å². The quantitative estimate of drug-likeness (QED) is 0.650. The fourth-order valence-electron chi connectivity index (χ4n) is 1.40. The third-order valence-electron chi connectivity index (χ3n) is 2.65. The van der Waals surface area contributed by atoms with E-state index in [0.717, 1.165) is 25.3 Å². The van der Waals surface area contributed by atoms with Crippen LogP contribution in [0.3, 0.4) is 0 Å². The van der Waals surface area contributed by atoms with Gasteiger partial charge in [-0.25, -0.2) is 4.79 Å². The van der Waals surface area contributed by atoms with Crippen LogP contribution in [0.5, 0.6) is 0 Å². The molecule has 0 aromatic heterocycles. The summed E-state index contributed by atoms with van der Waals surface area (Å²) in [6, 6.07) is 4.71. The molecule has 0 unspecified atom stereocenters. The molecule has 0 bridgehead atoms. The normalized spacial score (nSPS) is 10.5. The van der Waals surface area contributed by atoms with Gasteiger partial charge in [0.1, 0.15) is 0 Å². The molecule has 94 valence electrons. The van der Waals surface area contributed by atoms with Crippen LogP contribution in [0.1, 0.15) is 17.3 Å². The lowest BCUT2D eigenvalue weighted by molar-refractivity contribution is 0.0697. The minimum atomic E-state index is -0.964. The van der Waals surface area contributed by atoms with Gasteiger partial charge in [0.25, 0.3) is 0 Å². The van der Waals surface area contributed by atoms with Crippen LogP contribution in [0.25, 0.3) is 0 Å². The number of nitrogen functional groups attached to an aromatic ring is 1. The van der Waals surface area contributed by atoms with E-state index in [2.05, 4.69) is 17.1 Å². The number of benzene rings is 1. The largest absolute Gasteiger partial charge is 0.478 e. The Morgan fingerprint density at radius 2 is 2.24 bits per heavy atom. The van der Waals surface area contributed by atoms with Crippen LogP contribution in [-0.4, -0.2) is 42.7 Å². The van der Waals surface area contributed by atoms with Gasteiger partial charge in [-0.3, -0.25) is 0 Å². The average molecular weight is 237 g/mol. The van der Waals surface area contributed by atoms with E-state index in [4.69, 9.17) is 10.8 Å². The van der Waals surface area contributed by atoms with Crippen molar-refractivity contribution in [3.8, 4) is 0 Å². The number of hydrogen-bond acceptors (Lipinski definition) is 4. The third-order valence-corrected chi connectivity index (χ3v) is 2.65. The van der Waals surface area contributed by atoms with Crippen LogP contribution < -0.4 is 11.1 Å². The highest BCUT2D eigenvalue weighted by Gasteiger charge is 2.05. The zero-order chi connectivity index (χ0) is 12.8. The predicted molar refractivity (Wildman–Crippen MR) is 69.5 cm³/mol. The Morgan fingerprint density at radius 3 is 2.76 bits per heavy atom. The SMILES string of the molecule is CCN(C)CCNc1ccc(C(=O)O)cc1N. The molecule has 1 aromatic carbocycles. The molecule has 17 heavy (non-hydrogen) atoms. The van der Waals surface area contributed by atoms with Crippen molar-refractivity contribution in [3.63, 3.8) is 0 Å². The fraction of sp³-hybridized carbons (Fsp3) is 0.417. The van der Waals surface area contributed by atoms with Crippen molar-refractivity contribution in [2.24, 2.45) is 0 Å². The molecular weight excluding hydrogens is 218 g/mol. The van der Waals surface area contributed by atoms with Crippen LogP contribution in [0, 0.1) is 0 Å². The lowest BCUT2D eigenvalue weighted by atomic mass is 10.2. The first-order valence-corrected chi connectivity index (χ1v) is 5.59.